The van der Waals surface area contributed by atoms with E-state index in [4.69, 9.17) is 16.3 Å². The number of aryl methyl sites for hydroxylation is 1. The predicted molar refractivity (Wildman–Crippen MR) is 89.5 cm³/mol. The first-order valence-electron chi connectivity index (χ1n) is 7.65. The first-order valence-corrected chi connectivity index (χ1v) is 8.03. The minimum absolute atomic E-state index is 0.218. The van der Waals surface area contributed by atoms with Crippen LogP contribution in [0.25, 0.3) is 0 Å². The van der Waals surface area contributed by atoms with E-state index in [2.05, 4.69) is 15.3 Å². The van der Waals surface area contributed by atoms with Gasteiger partial charge >= 0.3 is 6.18 Å². The van der Waals surface area contributed by atoms with Crippen molar-refractivity contribution >= 4 is 29.1 Å². The Morgan fingerprint density at radius 1 is 1.16 bits per heavy atom. The molecule has 1 saturated heterocycles. The third-order valence-electron chi connectivity index (χ3n) is 3.70. The molecule has 5 nitrogen and oxygen atoms in total. The summed E-state index contributed by atoms with van der Waals surface area (Å²) in [4.78, 5) is 10.7. The zero-order valence-corrected chi connectivity index (χ0v) is 14.2. The molecule has 2 heterocycles. The monoisotopic (exact) mass is 372 g/mol. The molecule has 1 fully saturated rings. The summed E-state index contributed by atoms with van der Waals surface area (Å²) in [7, 11) is 0. The summed E-state index contributed by atoms with van der Waals surface area (Å²) in [5, 5.41) is 2.48. The van der Waals surface area contributed by atoms with E-state index < -0.39 is 11.7 Å². The number of hydrogen-bond acceptors (Lipinski definition) is 5. The molecule has 0 atom stereocenters. The van der Waals surface area contributed by atoms with E-state index in [0.717, 1.165) is 6.07 Å². The van der Waals surface area contributed by atoms with Crippen molar-refractivity contribution in [3.8, 4) is 0 Å². The fourth-order valence-electron chi connectivity index (χ4n) is 2.51. The first kappa shape index (κ1) is 17.8. The maximum absolute atomic E-state index is 13.0. The van der Waals surface area contributed by atoms with Crippen molar-refractivity contribution in [2.24, 2.45) is 0 Å². The molecular weight excluding hydrogens is 357 g/mol. The molecule has 134 valence electrons. The van der Waals surface area contributed by atoms with Crippen molar-refractivity contribution in [3.63, 3.8) is 0 Å². The minimum Gasteiger partial charge on any atom is -0.378 e. The molecule has 1 N–H and O–H groups in total. The van der Waals surface area contributed by atoms with Crippen LogP contribution in [0.4, 0.5) is 30.6 Å². The molecule has 0 spiro atoms. The molecular formula is C16H16ClF3N4O. The van der Waals surface area contributed by atoms with Gasteiger partial charge in [0.2, 0.25) is 5.95 Å². The van der Waals surface area contributed by atoms with Crippen LogP contribution in [-0.2, 0) is 10.9 Å². The highest BCUT2D eigenvalue weighted by atomic mass is 35.5. The van der Waals surface area contributed by atoms with Crippen LogP contribution in [0.15, 0.2) is 24.3 Å². The van der Waals surface area contributed by atoms with Crippen molar-refractivity contribution in [1.82, 2.24) is 9.97 Å². The van der Waals surface area contributed by atoms with Gasteiger partial charge in [-0.3, -0.25) is 0 Å². The average Bonchev–Trinajstić information content (AvgIpc) is 2.56. The fraction of sp³-hybridized carbons (Fsp3) is 0.375. The lowest BCUT2D eigenvalue weighted by molar-refractivity contribution is -0.137. The maximum atomic E-state index is 13.0. The van der Waals surface area contributed by atoms with Crippen molar-refractivity contribution < 1.29 is 17.9 Å². The highest BCUT2D eigenvalue weighted by Gasteiger charge is 2.33. The third-order valence-corrected chi connectivity index (χ3v) is 4.03. The minimum atomic E-state index is -4.53. The number of rotatable bonds is 3. The highest BCUT2D eigenvalue weighted by molar-refractivity contribution is 6.31. The molecule has 0 saturated carbocycles. The Kier molecular flexibility index (Phi) is 5.01. The van der Waals surface area contributed by atoms with E-state index >= 15 is 0 Å². The Morgan fingerprint density at radius 2 is 1.88 bits per heavy atom. The standard InChI is InChI=1S/C16H16ClF3N4O/c1-10-8-14(24-4-6-25-7-5-24)23-15(21-10)22-11-2-3-13(17)12(9-11)16(18,19)20/h2-3,8-9H,4-7H2,1H3,(H,21,22,23). The fourth-order valence-corrected chi connectivity index (χ4v) is 2.74. The second-order valence-corrected chi connectivity index (χ2v) is 6.02. The number of aromatic nitrogens is 2. The van der Waals surface area contributed by atoms with Gasteiger partial charge in [-0.2, -0.15) is 18.2 Å². The van der Waals surface area contributed by atoms with Gasteiger partial charge < -0.3 is 15.0 Å². The van der Waals surface area contributed by atoms with Gasteiger partial charge in [-0.25, -0.2) is 4.98 Å². The van der Waals surface area contributed by atoms with E-state index in [-0.39, 0.29) is 16.7 Å². The van der Waals surface area contributed by atoms with Crippen LogP contribution >= 0.6 is 11.6 Å². The molecule has 0 aliphatic carbocycles. The number of ether oxygens (including phenoxy) is 1. The highest BCUT2D eigenvalue weighted by Crippen LogP contribution is 2.36. The molecule has 3 rings (SSSR count). The Balaban J connectivity index is 1.87. The Labute approximate surface area is 147 Å². The predicted octanol–water partition coefficient (Wildman–Crippen LogP) is 4.04. The van der Waals surface area contributed by atoms with Gasteiger partial charge in [0.1, 0.15) is 5.82 Å². The molecule has 1 aromatic heterocycles. The largest absolute Gasteiger partial charge is 0.417 e. The Hall–Kier alpha value is -2.06. The lowest BCUT2D eigenvalue weighted by Gasteiger charge is -2.28. The van der Waals surface area contributed by atoms with Crippen LogP contribution in [0, 0.1) is 6.92 Å². The van der Waals surface area contributed by atoms with E-state index in [1.807, 2.05) is 11.0 Å². The molecule has 9 heteroatoms. The summed E-state index contributed by atoms with van der Waals surface area (Å²) in [6, 6.07) is 5.44. The van der Waals surface area contributed by atoms with Gasteiger partial charge in [0.25, 0.3) is 0 Å². The summed E-state index contributed by atoms with van der Waals surface area (Å²) in [5.41, 5.74) is 0.0273. The Bertz CT molecular complexity index is 764. The van der Waals surface area contributed by atoms with Crippen molar-refractivity contribution in [2.45, 2.75) is 13.1 Å². The zero-order valence-electron chi connectivity index (χ0n) is 13.4. The molecule has 2 aromatic rings. The lowest BCUT2D eigenvalue weighted by atomic mass is 10.2. The van der Waals surface area contributed by atoms with Crippen LogP contribution < -0.4 is 10.2 Å². The normalized spacial score (nSPS) is 15.3. The smallest absolute Gasteiger partial charge is 0.378 e. The van der Waals surface area contributed by atoms with E-state index in [1.54, 1.807) is 6.92 Å². The number of anilines is 3. The second kappa shape index (κ2) is 7.05. The van der Waals surface area contributed by atoms with Gasteiger partial charge in [-0.1, -0.05) is 11.6 Å². The summed E-state index contributed by atoms with van der Waals surface area (Å²) >= 11 is 5.64. The summed E-state index contributed by atoms with van der Waals surface area (Å²) < 4.78 is 44.2. The van der Waals surface area contributed by atoms with Gasteiger partial charge in [-0.15, -0.1) is 0 Å². The molecule has 1 aromatic carbocycles. The number of halogens is 4. The second-order valence-electron chi connectivity index (χ2n) is 5.61. The van der Waals surface area contributed by atoms with Crippen LogP contribution in [0.5, 0.6) is 0 Å². The third kappa shape index (κ3) is 4.32. The number of nitrogens with zero attached hydrogens (tertiary/aromatic N) is 3. The molecule has 25 heavy (non-hydrogen) atoms. The van der Waals surface area contributed by atoms with Crippen molar-refractivity contribution in [3.05, 3.63) is 40.5 Å². The van der Waals surface area contributed by atoms with E-state index in [0.29, 0.717) is 37.8 Å². The summed E-state index contributed by atoms with van der Waals surface area (Å²) in [6.07, 6.45) is -4.53. The lowest BCUT2D eigenvalue weighted by Crippen LogP contribution is -2.36. The quantitative estimate of drug-likeness (QED) is 0.881. The van der Waals surface area contributed by atoms with Gasteiger partial charge in [0, 0.05) is 30.5 Å². The Morgan fingerprint density at radius 3 is 2.56 bits per heavy atom. The van der Waals surface area contributed by atoms with E-state index in [1.165, 1.54) is 12.1 Å². The molecule has 0 unspecified atom stereocenters. The number of morpholine rings is 1. The molecule has 0 bridgehead atoms. The van der Waals surface area contributed by atoms with Gasteiger partial charge in [-0.05, 0) is 25.1 Å². The van der Waals surface area contributed by atoms with Crippen molar-refractivity contribution in [2.75, 3.05) is 36.5 Å². The first-order chi connectivity index (χ1) is 11.8. The van der Waals surface area contributed by atoms with Crippen LogP contribution in [-0.4, -0.2) is 36.3 Å². The van der Waals surface area contributed by atoms with Gasteiger partial charge in [0.15, 0.2) is 0 Å². The van der Waals surface area contributed by atoms with E-state index in [9.17, 15) is 13.2 Å². The van der Waals surface area contributed by atoms with Gasteiger partial charge in [0.05, 0.1) is 23.8 Å². The molecule has 1 aliphatic heterocycles. The van der Waals surface area contributed by atoms with Crippen molar-refractivity contribution in [1.29, 1.82) is 0 Å². The number of benzene rings is 1. The summed E-state index contributed by atoms with van der Waals surface area (Å²) in [6.45, 7) is 4.43. The molecule has 0 amide bonds. The van der Waals surface area contributed by atoms with Crippen LogP contribution in [0.1, 0.15) is 11.3 Å². The van der Waals surface area contributed by atoms with Crippen LogP contribution in [0.2, 0.25) is 5.02 Å². The van der Waals surface area contributed by atoms with Crippen LogP contribution in [0.3, 0.4) is 0 Å². The SMILES string of the molecule is Cc1cc(N2CCOCC2)nc(Nc2ccc(Cl)c(C(F)(F)F)c2)n1. The topological polar surface area (TPSA) is 50.3 Å². The summed E-state index contributed by atoms with van der Waals surface area (Å²) in [5.74, 6) is 0.945. The number of hydrogen-bond donors (Lipinski definition) is 1. The maximum Gasteiger partial charge on any atom is 0.417 e. The zero-order chi connectivity index (χ0) is 18.0. The number of alkyl halides is 3. The molecule has 0 radical (unpaired) electrons. The number of nitrogens with one attached hydrogen (secondary N) is 1. The molecule has 1 aliphatic rings. The average molecular weight is 373 g/mol.